The van der Waals surface area contributed by atoms with Crippen LogP contribution in [0.15, 0.2) is 102 Å². The van der Waals surface area contributed by atoms with E-state index in [1.807, 2.05) is 36.4 Å². The van der Waals surface area contributed by atoms with Gasteiger partial charge < -0.3 is 0 Å². The molecule has 0 aliphatic carbocycles. The number of sulfonamides is 1. The van der Waals surface area contributed by atoms with Crippen LogP contribution in [0.3, 0.4) is 0 Å². The molecule has 1 heterocycles. The van der Waals surface area contributed by atoms with Crippen LogP contribution in [0.5, 0.6) is 0 Å². The fourth-order valence-corrected chi connectivity index (χ4v) is 4.29. The van der Waals surface area contributed by atoms with E-state index in [1.165, 1.54) is 16.8 Å². The van der Waals surface area contributed by atoms with Crippen LogP contribution in [-0.4, -0.2) is 8.42 Å². The quantitative estimate of drug-likeness (QED) is 0.342. The van der Waals surface area contributed by atoms with Crippen LogP contribution in [0.1, 0.15) is 18.2 Å². The minimum atomic E-state index is -4.94. The van der Waals surface area contributed by atoms with Gasteiger partial charge >= 0.3 is 0 Å². The number of hydrogen-bond donors (Lipinski definition) is 1. The van der Waals surface area contributed by atoms with Gasteiger partial charge in [-0.25, -0.2) is 32.2 Å². The Morgan fingerprint density at radius 3 is 1.72 bits per heavy atom. The molecule has 0 spiro atoms. The summed E-state index contributed by atoms with van der Waals surface area (Å²) >= 11 is 0. The van der Waals surface area contributed by atoms with E-state index in [0.29, 0.717) is 6.54 Å². The van der Waals surface area contributed by atoms with Gasteiger partial charge in [-0.1, -0.05) is 67.6 Å². The molecule has 0 aliphatic heterocycles. The highest BCUT2D eigenvalue weighted by molar-refractivity contribution is 7.89. The van der Waals surface area contributed by atoms with Crippen LogP contribution in [0.2, 0.25) is 0 Å². The number of primary sulfonamides is 1. The van der Waals surface area contributed by atoms with Gasteiger partial charge in [-0.2, -0.15) is 4.57 Å². The van der Waals surface area contributed by atoms with Gasteiger partial charge in [0.25, 0.3) is 0 Å². The summed E-state index contributed by atoms with van der Waals surface area (Å²) in [5.41, 5.74) is 6.83. The zero-order chi connectivity index (χ0) is 26.3. The number of nitrogens with two attached hydrogens (primary N) is 1. The number of hydrogen-bond acceptors (Lipinski definition) is 6. The first kappa shape index (κ1) is 27.4. The summed E-state index contributed by atoms with van der Waals surface area (Å²) in [4.78, 5) is 0.125. The third kappa shape index (κ3) is 7.94. The van der Waals surface area contributed by atoms with Gasteiger partial charge in [0, 0.05) is 29.7 Å². The van der Waals surface area contributed by atoms with Gasteiger partial charge in [0.15, 0.2) is 12.2 Å². The molecule has 36 heavy (non-hydrogen) atoms. The van der Waals surface area contributed by atoms with E-state index in [9.17, 15) is 8.42 Å². The molecular formula is C26H25ClN2O6S. The fraction of sp³-hybridized carbons (Fsp3) is 0.115. The molecule has 0 bridgehead atoms. The lowest BCUT2D eigenvalue weighted by Gasteiger charge is -2.17. The monoisotopic (exact) mass is 528 g/mol. The van der Waals surface area contributed by atoms with Gasteiger partial charge in [0.1, 0.15) is 0 Å². The van der Waals surface area contributed by atoms with Crippen molar-refractivity contribution in [3.8, 4) is 22.4 Å². The third-order valence-electron chi connectivity index (χ3n) is 5.38. The van der Waals surface area contributed by atoms with Crippen LogP contribution >= 0.6 is 0 Å². The molecule has 8 nitrogen and oxygen atoms in total. The maximum atomic E-state index is 11.6. The second kappa shape index (κ2) is 11.7. The Morgan fingerprint density at radius 2 is 1.25 bits per heavy atom. The first-order valence-electron chi connectivity index (χ1n) is 10.9. The Labute approximate surface area is 212 Å². The van der Waals surface area contributed by atoms with Crippen LogP contribution in [0.25, 0.3) is 22.4 Å². The summed E-state index contributed by atoms with van der Waals surface area (Å²) in [6, 6.07) is 32.0. The van der Waals surface area contributed by atoms with Crippen LogP contribution in [0.4, 0.5) is 0 Å². The molecule has 1 aromatic heterocycles. The molecule has 0 radical (unpaired) electrons. The Bertz CT molecular complexity index is 1390. The Morgan fingerprint density at radius 1 is 0.750 bits per heavy atom. The molecule has 0 unspecified atom stereocenters. The number of pyridine rings is 1. The van der Waals surface area contributed by atoms with Crippen LogP contribution < -0.4 is 28.3 Å². The molecular weight excluding hydrogens is 504 g/mol. The van der Waals surface area contributed by atoms with Crippen molar-refractivity contribution < 1.29 is 41.9 Å². The van der Waals surface area contributed by atoms with E-state index in [-0.39, 0.29) is 4.90 Å². The van der Waals surface area contributed by atoms with Crippen molar-refractivity contribution >= 4 is 10.0 Å². The largest absolute Gasteiger partial charge is 0.238 e. The lowest BCUT2D eigenvalue weighted by molar-refractivity contribution is -2.00. The number of aryl methyl sites for hydroxylation is 1. The molecule has 0 fully saturated rings. The third-order valence-corrected chi connectivity index (χ3v) is 6.31. The highest BCUT2D eigenvalue weighted by Crippen LogP contribution is 2.26. The molecule has 0 saturated carbocycles. The maximum absolute atomic E-state index is 11.6. The normalized spacial score (nSPS) is 11.5. The first-order valence-corrected chi connectivity index (χ1v) is 13.6. The Kier molecular flexibility index (Phi) is 8.93. The van der Waals surface area contributed by atoms with Gasteiger partial charge in [-0.05, 0) is 35.4 Å². The van der Waals surface area contributed by atoms with Crippen LogP contribution in [-0.2, 0) is 23.0 Å². The molecule has 188 valence electrons. The predicted molar refractivity (Wildman–Crippen MR) is 124 cm³/mol. The molecule has 4 rings (SSSR count). The average Bonchev–Trinajstić information content (AvgIpc) is 2.84. The Hall–Kier alpha value is -3.15. The second-order valence-electron chi connectivity index (χ2n) is 7.86. The van der Waals surface area contributed by atoms with Gasteiger partial charge in [-0.15, -0.1) is 10.2 Å². The zero-order valence-electron chi connectivity index (χ0n) is 19.4. The van der Waals surface area contributed by atoms with E-state index in [0.717, 1.165) is 23.2 Å². The topological polar surface area (TPSA) is 156 Å². The minimum absolute atomic E-state index is 0.125. The van der Waals surface area contributed by atoms with E-state index in [2.05, 4.69) is 60.0 Å². The summed E-state index contributed by atoms with van der Waals surface area (Å²) in [5, 5.41) is 5.24. The number of nitrogens with zero attached hydrogens (tertiary/aromatic N) is 1. The lowest BCUT2D eigenvalue weighted by atomic mass is 10.0. The second-order valence-corrected chi connectivity index (χ2v) is 10.2. The SMILES string of the molecule is CCc1cc(-c2ccccc2)cc(-c2ccccc2)[n+]1Cc1ccc(S(N)(=O)=O)cc1.[O-][Cl+3]([O-])([O-])[O-]. The average molecular weight is 529 g/mol. The van der Waals surface area contributed by atoms with Gasteiger partial charge in [0.05, 0.1) is 4.90 Å². The van der Waals surface area contributed by atoms with Crippen molar-refractivity contribution in [1.82, 2.24) is 0 Å². The maximum Gasteiger partial charge on any atom is 0.238 e. The van der Waals surface area contributed by atoms with Crippen molar-refractivity contribution in [3.05, 3.63) is 108 Å². The highest BCUT2D eigenvalue weighted by atomic mass is 35.7. The van der Waals surface area contributed by atoms with Crippen molar-refractivity contribution in [3.63, 3.8) is 0 Å². The minimum Gasteiger partial charge on any atom is -0.225 e. The summed E-state index contributed by atoms with van der Waals surface area (Å²) in [6.07, 6.45) is 0.871. The molecule has 4 aromatic rings. The summed E-state index contributed by atoms with van der Waals surface area (Å²) in [6.45, 7) is 2.78. The molecule has 0 aliphatic rings. The molecule has 0 atom stereocenters. The standard InChI is InChI=1S/C26H25N2O2S.ClHO4/c1-2-24-17-23(21-9-5-3-6-10-21)18-26(22-11-7-4-8-12-22)28(24)19-20-13-15-25(16-14-20)31(27,29)30;2-1(3,4)5/h3-18H,2,19H2,1H3,(H2,27,29,30);(H,2,3,4,5)/q+1;/p-1. The van der Waals surface area contributed by atoms with E-state index in [1.54, 1.807) is 12.1 Å². The van der Waals surface area contributed by atoms with Gasteiger partial charge in [0.2, 0.25) is 15.7 Å². The molecule has 0 amide bonds. The summed E-state index contributed by atoms with van der Waals surface area (Å²) < 4.78 is 59.4. The number of halogens is 1. The summed E-state index contributed by atoms with van der Waals surface area (Å²) in [7, 11) is -8.64. The predicted octanol–water partition coefficient (Wildman–Crippen LogP) is -0.190. The molecule has 10 heteroatoms. The Balaban J connectivity index is 0.000000658. The number of rotatable bonds is 6. The van der Waals surface area contributed by atoms with E-state index < -0.39 is 20.3 Å². The van der Waals surface area contributed by atoms with Crippen molar-refractivity contribution in [2.45, 2.75) is 24.8 Å². The summed E-state index contributed by atoms with van der Waals surface area (Å²) in [5.74, 6) is 0. The number of benzene rings is 3. The lowest BCUT2D eigenvalue weighted by Crippen LogP contribution is -2.68. The van der Waals surface area contributed by atoms with Crippen molar-refractivity contribution in [2.24, 2.45) is 5.14 Å². The molecule has 2 N–H and O–H groups in total. The molecule has 3 aromatic carbocycles. The smallest absolute Gasteiger partial charge is 0.225 e. The van der Waals surface area contributed by atoms with Crippen LogP contribution in [0, 0.1) is 10.2 Å². The van der Waals surface area contributed by atoms with E-state index in [4.69, 9.17) is 23.8 Å². The van der Waals surface area contributed by atoms with E-state index >= 15 is 0 Å². The van der Waals surface area contributed by atoms with Crippen molar-refractivity contribution in [2.75, 3.05) is 0 Å². The first-order chi connectivity index (χ1) is 17.0. The highest BCUT2D eigenvalue weighted by Gasteiger charge is 2.21. The molecule has 0 saturated heterocycles. The fourth-order valence-electron chi connectivity index (χ4n) is 3.77. The zero-order valence-corrected chi connectivity index (χ0v) is 21.0. The van der Waals surface area contributed by atoms with Crippen molar-refractivity contribution in [1.29, 1.82) is 0 Å². The number of aromatic nitrogens is 1. The van der Waals surface area contributed by atoms with Gasteiger partial charge in [-0.3, -0.25) is 0 Å².